The molecule has 0 amide bonds. The van der Waals surface area contributed by atoms with Gasteiger partial charge in [0.05, 0.1) is 0 Å². The summed E-state index contributed by atoms with van der Waals surface area (Å²) in [4.78, 5) is 0. The van der Waals surface area contributed by atoms with Gasteiger partial charge in [-0.1, -0.05) is 22.0 Å². The highest BCUT2D eigenvalue weighted by Crippen LogP contribution is 2.38. The highest BCUT2D eigenvalue weighted by molar-refractivity contribution is 9.10. The van der Waals surface area contributed by atoms with E-state index in [4.69, 9.17) is 5.73 Å². The molecule has 2 nitrogen and oxygen atoms in total. The molecule has 3 N–H and O–H groups in total. The van der Waals surface area contributed by atoms with Crippen LogP contribution in [-0.2, 0) is 0 Å². The number of fused-ring (bicyclic) bond motifs is 1. The molecule has 1 heterocycles. The quantitative estimate of drug-likeness (QED) is 0.871. The third-order valence-corrected chi connectivity index (χ3v) is 3.45. The van der Waals surface area contributed by atoms with Gasteiger partial charge in [-0.15, -0.1) is 0 Å². The van der Waals surface area contributed by atoms with Crippen molar-refractivity contribution in [3.05, 3.63) is 28.2 Å². The maximum absolute atomic E-state index is 5.53. The molecule has 1 unspecified atom stereocenters. The summed E-state index contributed by atoms with van der Waals surface area (Å²) in [6.45, 7) is 1.84. The molecule has 14 heavy (non-hydrogen) atoms. The van der Waals surface area contributed by atoms with Gasteiger partial charge in [0.1, 0.15) is 0 Å². The number of hydrogen-bond acceptors (Lipinski definition) is 2. The zero-order valence-corrected chi connectivity index (χ0v) is 9.68. The predicted octanol–water partition coefficient (Wildman–Crippen LogP) is 2.70. The summed E-state index contributed by atoms with van der Waals surface area (Å²) >= 11 is 3.61. The van der Waals surface area contributed by atoms with Crippen LogP contribution in [0.2, 0.25) is 0 Å². The van der Waals surface area contributed by atoms with Gasteiger partial charge >= 0.3 is 0 Å². The molecule has 0 radical (unpaired) electrons. The van der Waals surface area contributed by atoms with Gasteiger partial charge in [0.15, 0.2) is 0 Å². The first kappa shape index (κ1) is 9.99. The number of nitrogens with two attached hydrogens (primary N) is 1. The minimum Gasteiger partial charge on any atom is -0.384 e. The van der Waals surface area contributed by atoms with Crippen molar-refractivity contribution in [3.63, 3.8) is 0 Å². The lowest BCUT2D eigenvalue weighted by atomic mass is 9.96. The van der Waals surface area contributed by atoms with Crippen LogP contribution in [0.25, 0.3) is 0 Å². The molecular formula is C11H15BrN2. The second-order valence-electron chi connectivity index (χ2n) is 3.71. The van der Waals surface area contributed by atoms with E-state index in [0.717, 1.165) is 19.5 Å². The molecule has 1 aromatic carbocycles. The maximum Gasteiger partial charge on any atom is 0.0387 e. The molecule has 1 aliphatic rings. The maximum atomic E-state index is 5.53. The first-order chi connectivity index (χ1) is 6.83. The number of hydrogen-bond donors (Lipinski definition) is 2. The van der Waals surface area contributed by atoms with Crippen molar-refractivity contribution in [1.82, 2.24) is 0 Å². The summed E-state index contributed by atoms with van der Waals surface area (Å²) in [6, 6.07) is 6.32. The molecule has 0 spiro atoms. The van der Waals surface area contributed by atoms with Crippen LogP contribution < -0.4 is 11.1 Å². The Bertz CT molecular complexity index is 325. The van der Waals surface area contributed by atoms with Crippen molar-refractivity contribution in [3.8, 4) is 0 Å². The lowest BCUT2D eigenvalue weighted by Gasteiger charge is -2.10. The zero-order chi connectivity index (χ0) is 9.97. The van der Waals surface area contributed by atoms with Crippen LogP contribution in [0, 0.1) is 0 Å². The number of rotatable bonds is 3. The molecule has 1 aliphatic heterocycles. The van der Waals surface area contributed by atoms with Gasteiger partial charge in [0.25, 0.3) is 0 Å². The van der Waals surface area contributed by atoms with E-state index in [2.05, 4.69) is 39.4 Å². The Kier molecular flexibility index (Phi) is 3.08. The number of nitrogens with one attached hydrogen (secondary N) is 1. The van der Waals surface area contributed by atoms with Crippen LogP contribution in [0.4, 0.5) is 5.69 Å². The van der Waals surface area contributed by atoms with E-state index in [1.807, 2.05) is 0 Å². The fraction of sp³-hybridized carbons (Fsp3) is 0.455. The minimum atomic E-state index is 0.629. The topological polar surface area (TPSA) is 38.0 Å². The summed E-state index contributed by atoms with van der Waals surface area (Å²) < 4.78 is 1.22. The molecule has 0 fully saturated rings. The molecule has 0 saturated carbocycles. The molecule has 2 rings (SSSR count). The second-order valence-corrected chi connectivity index (χ2v) is 4.56. The van der Waals surface area contributed by atoms with Crippen LogP contribution in [0.1, 0.15) is 24.3 Å². The van der Waals surface area contributed by atoms with E-state index >= 15 is 0 Å². The highest BCUT2D eigenvalue weighted by Gasteiger charge is 2.23. The van der Waals surface area contributed by atoms with E-state index in [1.54, 1.807) is 0 Å². The van der Waals surface area contributed by atoms with Crippen LogP contribution in [-0.4, -0.2) is 13.1 Å². The first-order valence-corrected chi connectivity index (χ1v) is 5.84. The predicted molar refractivity (Wildman–Crippen MR) is 63.7 cm³/mol. The highest BCUT2D eigenvalue weighted by atomic mass is 79.9. The molecule has 0 aromatic heterocycles. The lowest BCUT2D eigenvalue weighted by molar-refractivity contribution is 0.636. The van der Waals surface area contributed by atoms with Gasteiger partial charge in [-0.2, -0.15) is 0 Å². The SMILES string of the molecule is NCCCC1CNc2cccc(Br)c21. The van der Waals surface area contributed by atoms with Gasteiger partial charge < -0.3 is 11.1 Å². The summed E-state index contributed by atoms with van der Waals surface area (Å²) in [5, 5.41) is 3.43. The number of benzene rings is 1. The first-order valence-electron chi connectivity index (χ1n) is 5.05. The molecule has 76 valence electrons. The van der Waals surface area contributed by atoms with E-state index in [0.29, 0.717) is 5.92 Å². The molecule has 0 aliphatic carbocycles. The average molecular weight is 255 g/mol. The van der Waals surface area contributed by atoms with Crippen LogP contribution >= 0.6 is 15.9 Å². The number of halogens is 1. The number of anilines is 1. The van der Waals surface area contributed by atoms with Crippen molar-refractivity contribution in [2.24, 2.45) is 5.73 Å². The second kappa shape index (κ2) is 4.32. The molecule has 0 bridgehead atoms. The van der Waals surface area contributed by atoms with Crippen molar-refractivity contribution >= 4 is 21.6 Å². The Morgan fingerprint density at radius 2 is 2.36 bits per heavy atom. The largest absolute Gasteiger partial charge is 0.384 e. The van der Waals surface area contributed by atoms with Crippen LogP contribution in [0.3, 0.4) is 0 Å². The van der Waals surface area contributed by atoms with Crippen molar-refractivity contribution in [2.45, 2.75) is 18.8 Å². The van der Waals surface area contributed by atoms with Gasteiger partial charge in [-0.3, -0.25) is 0 Å². The van der Waals surface area contributed by atoms with Gasteiger partial charge in [0.2, 0.25) is 0 Å². The Morgan fingerprint density at radius 1 is 1.50 bits per heavy atom. The Hall–Kier alpha value is -0.540. The summed E-state index contributed by atoms with van der Waals surface area (Å²) in [6.07, 6.45) is 2.28. The third-order valence-electron chi connectivity index (χ3n) is 2.76. The normalized spacial score (nSPS) is 19.1. The van der Waals surface area contributed by atoms with Crippen molar-refractivity contribution in [2.75, 3.05) is 18.4 Å². The summed E-state index contributed by atoms with van der Waals surface area (Å²) in [5.41, 5.74) is 8.24. The van der Waals surface area contributed by atoms with Gasteiger partial charge in [0, 0.05) is 22.6 Å². The molecule has 1 atom stereocenters. The van der Waals surface area contributed by atoms with Crippen molar-refractivity contribution in [1.29, 1.82) is 0 Å². The van der Waals surface area contributed by atoms with E-state index < -0.39 is 0 Å². The van der Waals surface area contributed by atoms with E-state index in [-0.39, 0.29) is 0 Å². The average Bonchev–Trinajstić information content (AvgIpc) is 2.59. The molecule has 1 aromatic rings. The Labute approximate surface area is 93.0 Å². The van der Waals surface area contributed by atoms with E-state index in [9.17, 15) is 0 Å². The smallest absolute Gasteiger partial charge is 0.0387 e. The molecule has 3 heteroatoms. The van der Waals surface area contributed by atoms with Gasteiger partial charge in [-0.25, -0.2) is 0 Å². The fourth-order valence-electron chi connectivity index (χ4n) is 2.05. The minimum absolute atomic E-state index is 0.629. The fourth-order valence-corrected chi connectivity index (χ4v) is 2.74. The van der Waals surface area contributed by atoms with Crippen molar-refractivity contribution < 1.29 is 0 Å². The third kappa shape index (κ3) is 1.79. The summed E-state index contributed by atoms with van der Waals surface area (Å²) in [7, 11) is 0. The standard InChI is InChI=1S/C11H15BrN2/c12-9-4-1-5-10-11(9)8(7-14-10)3-2-6-13/h1,4-5,8,14H,2-3,6-7,13H2. The molecule has 0 saturated heterocycles. The van der Waals surface area contributed by atoms with Crippen LogP contribution in [0.15, 0.2) is 22.7 Å². The van der Waals surface area contributed by atoms with Gasteiger partial charge in [-0.05, 0) is 37.1 Å². The Balaban J connectivity index is 2.20. The monoisotopic (exact) mass is 254 g/mol. The Morgan fingerprint density at radius 3 is 3.14 bits per heavy atom. The molecular weight excluding hydrogens is 240 g/mol. The zero-order valence-electron chi connectivity index (χ0n) is 8.09. The lowest BCUT2D eigenvalue weighted by Crippen LogP contribution is -2.06. The van der Waals surface area contributed by atoms with Crippen LogP contribution in [0.5, 0.6) is 0 Å². The summed E-state index contributed by atoms with van der Waals surface area (Å²) in [5.74, 6) is 0.629. The van der Waals surface area contributed by atoms with E-state index in [1.165, 1.54) is 22.1 Å².